The summed E-state index contributed by atoms with van der Waals surface area (Å²) in [5, 5.41) is 5.78. The lowest BCUT2D eigenvalue weighted by atomic mass is 10.2. The fraction of sp³-hybridized carbons (Fsp3) is 0.368. The Morgan fingerprint density at radius 3 is 2.64 bits per heavy atom. The second-order valence-electron chi connectivity index (χ2n) is 6.33. The van der Waals surface area contributed by atoms with Gasteiger partial charge in [-0.3, -0.25) is 9.79 Å². The SMILES string of the molecule is CN=C(NCC(=O)NCc1ccco1)N1CCN(c2cc(F)ccc2F)CC1. The number of amides is 1. The minimum atomic E-state index is -0.461. The van der Waals surface area contributed by atoms with Crippen LogP contribution in [0.2, 0.25) is 0 Å². The molecule has 1 aliphatic heterocycles. The molecule has 1 amide bonds. The lowest BCUT2D eigenvalue weighted by Crippen LogP contribution is -2.53. The van der Waals surface area contributed by atoms with Crippen LogP contribution in [0, 0.1) is 11.6 Å². The van der Waals surface area contributed by atoms with E-state index in [1.807, 2.05) is 4.90 Å². The third-order valence-electron chi connectivity index (χ3n) is 4.49. The third kappa shape index (κ3) is 4.99. The lowest BCUT2D eigenvalue weighted by molar-refractivity contribution is -0.120. The zero-order chi connectivity index (χ0) is 19.9. The molecule has 2 heterocycles. The Balaban J connectivity index is 1.47. The van der Waals surface area contributed by atoms with Crippen molar-refractivity contribution in [3.63, 3.8) is 0 Å². The zero-order valence-electron chi connectivity index (χ0n) is 15.6. The van der Waals surface area contributed by atoms with Gasteiger partial charge in [0, 0.05) is 39.3 Å². The van der Waals surface area contributed by atoms with Gasteiger partial charge in [0.15, 0.2) is 5.96 Å². The fourth-order valence-electron chi connectivity index (χ4n) is 3.04. The summed E-state index contributed by atoms with van der Waals surface area (Å²) in [4.78, 5) is 20.0. The Morgan fingerprint density at radius 2 is 1.96 bits per heavy atom. The first-order chi connectivity index (χ1) is 13.6. The standard InChI is InChI=1S/C19H23F2N5O2/c1-22-19(24-13-18(27)23-12-15-3-2-10-28-15)26-8-6-25(7-9-26)17-11-14(20)4-5-16(17)21/h2-5,10-11H,6-9,12-13H2,1H3,(H,22,24)(H,23,27). The molecule has 0 saturated carbocycles. The summed E-state index contributed by atoms with van der Waals surface area (Å²) < 4.78 is 32.5. The number of hydrogen-bond donors (Lipinski definition) is 2. The molecule has 0 atom stereocenters. The summed E-state index contributed by atoms with van der Waals surface area (Å²) in [6.45, 7) is 2.58. The Bertz CT molecular complexity index is 818. The number of hydrogen-bond acceptors (Lipinski definition) is 4. The molecule has 7 nitrogen and oxygen atoms in total. The topological polar surface area (TPSA) is 73.1 Å². The molecule has 1 saturated heterocycles. The molecule has 0 spiro atoms. The van der Waals surface area contributed by atoms with Crippen LogP contribution in [0.3, 0.4) is 0 Å². The van der Waals surface area contributed by atoms with Gasteiger partial charge in [-0.05, 0) is 24.3 Å². The van der Waals surface area contributed by atoms with Crippen molar-refractivity contribution < 1.29 is 18.0 Å². The number of rotatable bonds is 5. The molecule has 2 N–H and O–H groups in total. The number of carbonyl (C=O) groups is 1. The normalized spacial score (nSPS) is 14.9. The first-order valence-corrected chi connectivity index (χ1v) is 9.01. The van der Waals surface area contributed by atoms with Crippen LogP contribution in [0.4, 0.5) is 14.5 Å². The van der Waals surface area contributed by atoms with E-state index < -0.39 is 11.6 Å². The Labute approximate surface area is 162 Å². The second-order valence-corrected chi connectivity index (χ2v) is 6.33. The molecule has 1 aliphatic rings. The van der Waals surface area contributed by atoms with E-state index in [0.717, 1.165) is 12.1 Å². The third-order valence-corrected chi connectivity index (χ3v) is 4.49. The van der Waals surface area contributed by atoms with Gasteiger partial charge in [-0.15, -0.1) is 0 Å². The van der Waals surface area contributed by atoms with E-state index in [2.05, 4.69) is 15.6 Å². The van der Waals surface area contributed by atoms with E-state index in [4.69, 9.17) is 4.42 Å². The maximum Gasteiger partial charge on any atom is 0.239 e. The molecule has 1 aromatic heterocycles. The largest absolute Gasteiger partial charge is 0.467 e. The zero-order valence-corrected chi connectivity index (χ0v) is 15.6. The van der Waals surface area contributed by atoms with Crippen molar-refractivity contribution in [3.8, 4) is 0 Å². The predicted octanol–water partition coefficient (Wildman–Crippen LogP) is 1.57. The number of furan rings is 1. The van der Waals surface area contributed by atoms with Crippen LogP contribution >= 0.6 is 0 Å². The van der Waals surface area contributed by atoms with Gasteiger partial charge in [0.2, 0.25) is 5.91 Å². The molecule has 3 rings (SSSR count). The van der Waals surface area contributed by atoms with E-state index in [1.54, 1.807) is 30.3 Å². The first kappa shape index (κ1) is 19.7. The number of anilines is 1. The van der Waals surface area contributed by atoms with Crippen molar-refractivity contribution in [2.75, 3.05) is 44.7 Å². The Hall–Kier alpha value is -3.10. The summed E-state index contributed by atoms with van der Waals surface area (Å²) in [5.74, 6) is 0.186. The van der Waals surface area contributed by atoms with Crippen molar-refractivity contribution in [2.45, 2.75) is 6.54 Å². The number of halogens is 2. The summed E-state index contributed by atoms with van der Waals surface area (Å²) in [5.41, 5.74) is 0.264. The van der Waals surface area contributed by atoms with Gasteiger partial charge in [0.25, 0.3) is 0 Å². The molecular weight excluding hydrogens is 368 g/mol. The van der Waals surface area contributed by atoms with Gasteiger partial charge in [-0.2, -0.15) is 0 Å². The van der Waals surface area contributed by atoms with Crippen LogP contribution in [0.15, 0.2) is 46.0 Å². The van der Waals surface area contributed by atoms with Gasteiger partial charge in [-0.25, -0.2) is 8.78 Å². The maximum atomic E-state index is 14.0. The smallest absolute Gasteiger partial charge is 0.239 e. The highest BCUT2D eigenvalue weighted by Gasteiger charge is 2.22. The van der Waals surface area contributed by atoms with E-state index in [-0.39, 0.29) is 18.1 Å². The molecule has 28 heavy (non-hydrogen) atoms. The average Bonchev–Trinajstić information content (AvgIpc) is 3.23. The van der Waals surface area contributed by atoms with Crippen LogP contribution in [0.25, 0.3) is 0 Å². The number of carbonyl (C=O) groups excluding carboxylic acids is 1. The first-order valence-electron chi connectivity index (χ1n) is 9.01. The van der Waals surface area contributed by atoms with E-state index in [0.29, 0.717) is 44.4 Å². The van der Waals surface area contributed by atoms with E-state index >= 15 is 0 Å². The average molecular weight is 391 g/mol. The van der Waals surface area contributed by atoms with Gasteiger partial charge in [0.05, 0.1) is 25.0 Å². The maximum absolute atomic E-state index is 14.0. The summed E-state index contributed by atoms with van der Waals surface area (Å²) in [6, 6.07) is 7.00. The number of nitrogens with one attached hydrogen (secondary N) is 2. The van der Waals surface area contributed by atoms with E-state index in [9.17, 15) is 13.6 Å². The number of piperazine rings is 1. The molecule has 0 aliphatic carbocycles. The minimum absolute atomic E-state index is 0.0755. The van der Waals surface area contributed by atoms with Crippen molar-refractivity contribution in [1.82, 2.24) is 15.5 Å². The number of nitrogens with zero attached hydrogens (tertiary/aromatic N) is 3. The summed E-state index contributed by atoms with van der Waals surface area (Å²) in [6.07, 6.45) is 1.55. The molecule has 2 aromatic rings. The van der Waals surface area contributed by atoms with E-state index in [1.165, 1.54) is 6.07 Å². The predicted molar refractivity (Wildman–Crippen MR) is 102 cm³/mol. The lowest BCUT2D eigenvalue weighted by Gasteiger charge is -2.37. The summed E-state index contributed by atoms with van der Waals surface area (Å²) >= 11 is 0. The van der Waals surface area contributed by atoms with Gasteiger partial charge in [0.1, 0.15) is 17.4 Å². The fourth-order valence-corrected chi connectivity index (χ4v) is 3.04. The van der Waals surface area contributed by atoms with Crippen LogP contribution in [-0.4, -0.2) is 56.5 Å². The number of aliphatic imine (C=N–C) groups is 1. The van der Waals surface area contributed by atoms with Crippen molar-refractivity contribution in [1.29, 1.82) is 0 Å². The number of guanidine groups is 1. The van der Waals surface area contributed by atoms with Crippen molar-refractivity contribution in [2.24, 2.45) is 4.99 Å². The molecule has 0 unspecified atom stereocenters. The second kappa shape index (κ2) is 9.20. The molecule has 1 aromatic carbocycles. The van der Waals surface area contributed by atoms with Gasteiger partial charge >= 0.3 is 0 Å². The van der Waals surface area contributed by atoms with Gasteiger partial charge in [-0.1, -0.05) is 0 Å². The quantitative estimate of drug-likeness (QED) is 0.598. The number of benzene rings is 1. The Kier molecular flexibility index (Phi) is 6.46. The van der Waals surface area contributed by atoms with Crippen LogP contribution in [-0.2, 0) is 11.3 Å². The van der Waals surface area contributed by atoms with Gasteiger partial charge < -0.3 is 24.9 Å². The highest BCUT2D eigenvalue weighted by Crippen LogP contribution is 2.21. The minimum Gasteiger partial charge on any atom is -0.467 e. The van der Waals surface area contributed by atoms with Crippen LogP contribution < -0.4 is 15.5 Å². The molecule has 0 bridgehead atoms. The Morgan fingerprint density at radius 1 is 1.18 bits per heavy atom. The summed E-state index contributed by atoms with van der Waals surface area (Å²) in [7, 11) is 1.64. The van der Waals surface area contributed by atoms with Crippen LogP contribution in [0.5, 0.6) is 0 Å². The molecule has 150 valence electrons. The van der Waals surface area contributed by atoms with Crippen LogP contribution in [0.1, 0.15) is 5.76 Å². The highest BCUT2D eigenvalue weighted by atomic mass is 19.1. The molecule has 1 fully saturated rings. The molecular formula is C19H23F2N5O2. The molecule has 0 radical (unpaired) electrons. The van der Waals surface area contributed by atoms with Crippen molar-refractivity contribution in [3.05, 3.63) is 54.0 Å². The monoisotopic (exact) mass is 391 g/mol. The highest BCUT2D eigenvalue weighted by molar-refractivity contribution is 5.86. The molecule has 9 heteroatoms. The van der Waals surface area contributed by atoms with Crippen molar-refractivity contribution >= 4 is 17.6 Å².